The molecule has 0 atom stereocenters. The zero-order valence-electron chi connectivity index (χ0n) is 32.9. The van der Waals surface area contributed by atoms with Crippen LogP contribution in [-0.4, -0.2) is 29.8 Å². The van der Waals surface area contributed by atoms with Crippen LogP contribution in [0.15, 0.2) is 197 Å². The van der Waals surface area contributed by atoms with Gasteiger partial charge in [0.15, 0.2) is 5.54 Å². The Labute approximate surface area is 348 Å². The Morgan fingerprint density at radius 2 is 1.17 bits per heavy atom. The fourth-order valence-electron chi connectivity index (χ4n) is 8.05. The summed E-state index contributed by atoms with van der Waals surface area (Å²) in [6.45, 7) is 4.67. The Hall–Kier alpha value is -6.90. The second-order valence-corrected chi connectivity index (χ2v) is 15.6. The smallest absolute Gasteiger partial charge is 0.252 e. The molecule has 0 aliphatic heterocycles. The minimum atomic E-state index is -0.877. The van der Waals surface area contributed by atoms with Crippen LogP contribution < -0.4 is 5.56 Å². The summed E-state index contributed by atoms with van der Waals surface area (Å²) in [4.78, 5) is 22.8. The summed E-state index contributed by atoms with van der Waals surface area (Å²) in [5.41, 5.74) is 8.96. The molecule has 0 spiro atoms. The van der Waals surface area contributed by atoms with E-state index in [4.69, 9.17) is 20.4 Å². The van der Waals surface area contributed by atoms with Crippen LogP contribution in [0, 0.1) is 0 Å². The number of aryl methyl sites for hydroxylation is 2. The Kier molecular flexibility index (Phi) is 10.5. The van der Waals surface area contributed by atoms with Crippen LogP contribution in [0.3, 0.4) is 0 Å². The third-order valence-electron chi connectivity index (χ3n) is 10.9. The van der Waals surface area contributed by atoms with E-state index in [0.717, 1.165) is 83.9 Å². The Bertz CT molecular complexity index is 2820. The Morgan fingerprint density at radius 3 is 1.75 bits per heavy atom. The van der Waals surface area contributed by atoms with E-state index < -0.39 is 5.54 Å². The van der Waals surface area contributed by atoms with Gasteiger partial charge in [-0.2, -0.15) is 0 Å². The highest BCUT2D eigenvalue weighted by Gasteiger charge is 2.41. The number of hydrogen-bond acceptors (Lipinski definition) is 6. The van der Waals surface area contributed by atoms with E-state index in [-0.39, 0.29) is 5.56 Å². The minimum Gasteiger partial charge on any atom is -0.304 e. The number of benzene rings is 6. The maximum Gasteiger partial charge on any atom is 0.252 e. The van der Waals surface area contributed by atoms with Crippen LogP contribution in [0.5, 0.6) is 0 Å². The molecular weight excluding hydrogens is 745 g/mol. The molecule has 0 amide bonds. The van der Waals surface area contributed by atoms with Gasteiger partial charge in [0, 0.05) is 32.5 Å². The van der Waals surface area contributed by atoms with Gasteiger partial charge in [0.25, 0.3) is 5.56 Å². The van der Waals surface area contributed by atoms with Crippen LogP contribution >= 0.6 is 11.8 Å². The molecule has 288 valence electrons. The first-order valence-electron chi connectivity index (χ1n) is 20.0. The third-order valence-corrected chi connectivity index (χ3v) is 12.0. The first-order chi connectivity index (χ1) is 29.1. The van der Waals surface area contributed by atoms with Crippen molar-refractivity contribution >= 4 is 22.7 Å². The molecule has 0 N–H and O–H groups in total. The molecule has 7 nitrogen and oxygen atoms in total. The molecule has 0 saturated carbocycles. The zero-order chi connectivity index (χ0) is 40.2. The molecule has 0 aliphatic rings. The van der Waals surface area contributed by atoms with E-state index in [1.807, 2.05) is 95.6 Å². The van der Waals surface area contributed by atoms with Gasteiger partial charge in [0.1, 0.15) is 0 Å². The van der Waals surface area contributed by atoms with Crippen LogP contribution in [0.1, 0.15) is 47.5 Å². The van der Waals surface area contributed by atoms with Crippen LogP contribution in [0.4, 0.5) is 0 Å². The third kappa shape index (κ3) is 7.17. The monoisotopic (exact) mass is 786 g/mol. The Balaban J connectivity index is 1.09. The number of hydrogen-bond donors (Lipinski definition) is 0. The maximum atomic E-state index is 14.0. The van der Waals surface area contributed by atoms with E-state index in [0.29, 0.717) is 12.4 Å². The molecule has 3 heterocycles. The topological polar surface area (TPSA) is 78.5 Å². The lowest BCUT2D eigenvalue weighted by Gasteiger charge is -2.34. The van der Waals surface area contributed by atoms with Crippen molar-refractivity contribution in [1.82, 2.24) is 29.8 Å². The number of pyridine rings is 2. The molecule has 0 unspecified atom stereocenters. The van der Waals surface area contributed by atoms with Gasteiger partial charge in [-0.25, -0.2) is 0 Å². The number of aromatic nitrogens is 6. The van der Waals surface area contributed by atoms with E-state index >= 15 is 0 Å². The van der Waals surface area contributed by atoms with E-state index in [9.17, 15) is 4.79 Å². The molecular formula is C51H42N6OS. The normalized spacial score (nSPS) is 11.6. The fourth-order valence-corrected chi connectivity index (χ4v) is 9.08. The number of fused-ring (bicyclic) bond motifs is 1. The van der Waals surface area contributed by atoms with Gasteiger partial charge in [-0.05, 0) is 69.6 Å². The van der Waals surface area contributed by atoms with Crippen LogP contribution in [0.25, 0.3) is 33.4 Å². The lowest BCUT2D eigenvalue weighted by molar-refractivity contribution is 0.396. The molecule has 0 aliphatic carbocycles. The van der Waals surface area contributed by atoms with Crippen molar-refractivity contribution in [1.29, 1.82) is 0 Å². The van der Waals surface area contributed by atoms with Crippen molar-refractivity contribution in [2.45, 2.75) is 48.6 Å². The van der Waals surface area contributed by atoms with Crippen molar-refractivity contribution in [2.24, 2.45) is 0 Å². The number of rotatable bonds is 12. The summed E-state index contributed by atoms with van der Waals surface area (Å²) in [6, 6.07) is 61.8. The van der Waals surface area contributed by atoms with Gasteiger partial charge in [-0.15, -0.1) is 15.0 Å². The van der Waals surface area contributed by atoms with Crippen LogP contribution in [-0.2, 0) is 24.9 Å². The SMILES string of the molecule is CCc1cc2c(c(Sc3ccccc3)cc(=O)n2Cc2ccc(-c3ccccc3-c3nnn(C(c4ccccc4)(c4ccccc4)c4ccccc4)n3)cc2)c(CC)n1. The summed E-state index contributed by atoms with van der Waals surface area (Å²) in [6.07, 6.45) is 1.56. The number of tetrazole rings is 1. The van der Waals surface area contributed by atoms with Crippen molar-refractivity contribution in [2.75, 3.05) is 0 Å². The first-order valence-corrected chi connectivity index (χ1v) is 20.8. The quantitative estimate of drug-likeness (QED) is 0.115. The lowest BCUT2D eigenvalue weighted by Crippen LogP contribution is -2.39. The molecule has 0 saturated heterocycles. The predicted octanol–water partition coefficient (Wildman–Crippen LogP) is 10.9. The van der Waals surface area contributed by atoms with E-state index in [1.165, 1.54) is 0 Å². The van der Waals surface area contributed by atoms with Crippen molar-refractivity contribution in [3.05, 3.63) is 226 Å². The highest BCUT2D eigenvalue weighted by atomic mass is 32.2. The van der Waals surface area contributed by atoms with Gasteiger partial charge in [0.05, 0.1) is 17.8 Å². The largest absolute Gasteiger partial charge is 0.304 e. The van der Waals surface area contributed by atoms with Crippen molar-refractivity contribution in [3.8, 4) is 22.5 Å². The zero-order valence-corrected chi connectivity index (χ0v) is 33.8. The summed E-state index contributed by atoms with van der Waals surface area (Å²) in [5, 5.41) is 15.8. The standard InChI is InChI=1S/C51H42N6OS/c1-3-41-33-46-49(45(4-2)52-41)47(59-42-25-15-8-16-26-42)34-48(58)56(46)35-36-29-31-37(32-30-36)43-27-17-18-28-44(43)50-53-55-57(54-50)51(38-19-9-5-10-20-38,39-21-11-6-12-22-39)40-23-13-7-14-24-40/h5-34H,3-4,35H2,1-2H3. The molecule has 8 heteroatoms. The molecule has 0 bridgehead atoms. The minimum absolute atomic E-state index is 0.0348. The van der Waals surface area contributed by atoms with Crippen molar-refractivity contribution in [3.63, 3.8) is 0 Å². The highest BCUT2D eigenvalue weighted by molar-refractivity contribution is 7.99. The molecule has 6 aromatic carbocycles. The highest BCUT2D eigenvalue weighted by Crippen LogP contribution is 2.41. The average Bonchev–Trinajstić information content (AvgIpc) is 3.79. The fraction of sp³-hybridized carbons (Fsp3) is 0.118. The summed E-state index contributed by atoms with van der Waals surface area (Å²) >= 11 is 1.62. The van der Waals surface area contributed by atoms with E-state index in [2.05, 4.69) is 98.8 Å². The Morgan fingerprint density at radius 1 is 0.610 bits per heavy atom. The number of nitrogens with zero attached hydrogens (tertiary/aromatic N) is 6. The van der Waals surface area contributed by atoms with Crippen LogP contribution in [0.2, 0.25) is 0 Å². The molecule has 9 rings (SSSR count). The second-order valence-electron chi connectivity index (χ2n) is 14.5. The molecule has 0 fully saturated rings. The summed E-state index contributed by atoms with van der Waals surface area (Å²) < 4.78 is 1.90. The second kappa shape index (κ2) is 16.5. The van der Waals surface area contributed by atoms with Gasteiger partial charge in [-0.1, -0.05) is 183 Å². The van der Waals surface area contributed by atoms with E-state index in [1.54, 1.807) is 22.6 Å². The predicted molar refractivity (Wildman–Crippen MR) is 238 cm³/mol. The van der Waals surface area contributed by atoms with Crippen molar-refractivity contribution < 1.29 is 0 Å². The molecule has 9 aromatic rings. The molecule has 3 aromatic heterocycles. The van der Waals surface area contributed by atoms with Gasteiger partial charge in [0.2, 0.25) is 5.82 Å². The summed E-state index contributed by atoms with van der Waals surface area (Å²) in [7, 11) is 0. The van der Waals surface area contributed by atoms with Gasteiger partial charge >= 0.3 is 0 Å². The van der Waals surface area contributed by atoms with Gasteiger partial charge in [-0.3, -0.25) is 9.78 Å². The first kappa shape index (κ1) is 37.7. The lowest BCUT2D eigenvalue weighted by atomic mass is 9.77. The maximum absolute atomic E-state index is 14.0. The summed E-state index contributed by atoms with van der Waals surface area (Å²) in [5.74, 6) is 0.524. The molecule has 59 heavy (non-hydrogen) atoms. The average molecular weight is 787 g/mol. The van der Waals surface area contributed by atoms with Gasteiger partial charge < -0.3 is 4.57 Å². The molecule has 0 radical (unpaired) electrons.